The van der Waals surface area contributed by atoms with Crippen LogP contribution in [0.25, 0.3) is 0 Å². The van der Waals surface area contributed by atoms with E-state index in [0.717, 1.165) is 35.5 Å². The Balaban J connectivity index is 2.32. The van der Waals surface area contributed by atoms with Gasteiger partial charge in [-0.05, 0) is 48.3 Å². The summed E-state index contributed by atoms with van der Waals surface area (Å²) in [7, 11) is 0. The summed E-state index contributed by atoms with van der Waals surface area (Å²) in [5, 5.41) is 0. The summed E-state index contributed by atoms with van der Waals surface area (Å²) < 4.78 is 0. The summed E-state index contributed by atoms with van der Waals surface area (Å²) in [5.41, 5.74) is 0. The van der Waals surface area contributed by atoms with Gasteiger partial charge in [-0.1, -0.05) is 41.5 Å². The Bertz CT molecular complexity index is 167. The van der Waals surface area contributed by atoms with E-state index in [0.29, 0.717) is 0 Å². The predicted molar refractivity (Wildman–Crippen MR) is 64.2 cm³/mol. The molecule has 4 atom stereocenters. The first-order valence-electron chi connectivity index (χ1n) is 6.43. The van der Waals surface area contributed by atoms with E-state index in [2.05, 4.69) is 41.5 Å². The van der Waals surface area contributed by atoms with E-state index in [1.807, 2.05) is 0 Å². The van der Waals surface area contributed by atoms with E-state index in [1.165, 1.54) is 12.8 Å². The van der Waals surface area contributed by atoms with Gasteiger partial charge in [0, 0.05) is 0 Å². The van der Waals surface area contributed by atoms with Crippen molar-refractivity contribution in [2.45, 2.75) is 54.4 Å². The fraction of sp³-hybridized carbons (Fsp3) is 1.00. The van der Waals surface area contributed by atoms with Gasteiger partial charge in [-0.3, -0.25) is 0 Å². The fourth-order valence-corrected chi connectivity index (χ4v) is 2.99. The molecule has 1 fully saturated rings. The molecule has 4 unspecified atom stereocenters. The van der Waals surface area contributed by atoms with Crippen molar-refractivity contribution in [2.75, 3.05) is 0 Å². The first-order valence-corrected chi connectivity index (χ1v) is 6.43. The maximum Gasteiger partial charge on any atom is -0.0352 e. The van der Waals surface area contributed by atoms with Crippen LogP contribution in [-0.4, -0.2) is 0 Å². The zero-order valence-electron chi connectivity index (χ0n) is 10.9. The molecule has 0 N–H and O–H groups in total. The lowest BCUT2D eigenvalue weighted by Gasteiger charge is -2.22. The lowest BCUT2D eigenvalue weighted by Crippen LogP contribution is -2.14. The van der Waals surface area contributed by atoms with Gasteiger partial charge >= 0.3 is 0 Å². The summed E-state index contributed by atoms with van der Waals surface area (Å²) in [6.07, 6.45) is 2.91. The summed E-state index contributed by atoms with van der Waals surface area (Å²) in [6.45, 7) is 14.4. The molecule has 0 aliphatic heterocycles. The molecule has 0 amide bonds. The second-order valence-corrected chi connectivity index (χ2v) is 6.27. The van der Waals surface area contributed by atoms with Crippen LogP contribution in [0.4, 0.5) is 0 Å². The molecule has 0 aromatic heterocycles. The molecule has 1 aliphatic carbocycles. The van der Waals surface area contributed by atoms with E-state index in [-0.39, 0.29) is 0 Å². The maximum absolute atomic E-state index is 2.47. The molecule has 0 aromatic rings. The van der Waals surface area contributed by atoms with Gasteiger partial charge in [-0.15, -0.1) is 0 Å². The van der Waals surface area contributed by atoms with Crippen LogP contribution in [-0.2, 0) is 0 Å². The highest BCUT2D eigenvalue weighted by Gasteiger charge is 2.43. The molecule has 1 aliphatic rings. The van der Waals surface area contributed by atoms with Gasteiger partial charge in [0.1, 0.15) is 0 Å². The van der Waals surface area contributed by atoms with Crippen molar-refractivity contribution in [2.24, 2.45) is 35.5 Å². The van der Waals surface area contributed by atoms with Gasteiger partial charge in [-0.2, -0.15) is 0 Å². The molecule has 0 saturated heterocycles. The molecule has 0 bridgehead atoms. The lowest BCUT2D eigenvalue weighted by molar-refractivity contribution is 0.275. The van der Waals surface area contributed by atoms with Crippen LogP contribution in [0.5, 0.6) is 0 Å². The summed E-state index contributed by atoms with van der Waals surface area (Å²) in [6, 6.07) is 0. The Labute approximate surface area is 90.5 Å². The highest BCUT2D eigenvalue weighted by atomic mass is 14.5. The molecule has 14 heavy (non-hydrogen) atoms. The molecule has 0 spiro atoms. The third-order valence-electron chi connectivity index (χ3n) is 4.16. The minimum Gasteiger partial charge on any atom is -0.0628 e. The van der Waals surface area contributed by atoms with Crippen molar-refractivity contribution in [3.8, 4) is 0 Å². The third-order valence-corrected chi connectivity index (χ3v) is 4.16. The third kappa shape index (κ3) is 3.00. The number of hydrogen-bond donors (Lipinski definition) is 0. The minimum atomic E-state index is 0.865. The predicted octanol–water partition coefficient (Wildman–Crippen LogP) is 4.60. The highest BCUT2D eigenvalue weighted by Crippen LogP contribution is 2.51. The monoisotopic (exact) mass is 196 g/mol. The summed E-state index contributed by atoms with van der Waals surface area (Å²) in [4.78, 5) is 0. The van der Waals surface area contributed by atoms with Gasteiger partial charge in [-0.25, -0.2) is 0 Å². The number of rotatable bonds is 5. The van der Waals surface area contributed by atoms with E-state index < -0.39 is 0 Å². The zero-order valence-corrected chi connectivity index (χ0v) is 10.9. The quantitative estimate of drug-likeness (QED) is 0.603. The van der Waals surface area contributed by atoms with Crippen molar-refractivity contribution in [1.82, 2.24) is 0 Å². The van der Waals surface area contributed by atoms with Gasteiger partial charge in [0.05, 0.1) is 0 Å². The van der Waals surface area contributed by atoms with Gasteiger partial charge < -0.3 is 0 Å². The van der Waals surface area contributed by atoms with Gasteiger partial charge in [0.25, 0.3) is 0 Å². The van der Waals surface area contributed by atoms with E-state index >= 15 is 0 Å². The molecule has 1 saturated carbocycles. The Hall–Kier alpha value is 0. The van der Waals surface area contributed by atoms with Gasteiger partial charge in [0.15, 0.2) is 0 Å². The van der Waals surface area contributed by atoms with Crippen LogP contribution in [0.3, 0.4) is 0 Å². The first kappa shape index (κ1) is 12.1. The SMILES string of the molecule is CC(C)CC(C)C(C)C1CC1C(C)C. The highest BCUT2D eigenvalue weighted by molar-refractivity contribution is 4.92. The maximum atomic E-state index is 2.47. The Morgan fingerprint density at radius 3 is 1.86 bits per heavy atom. The van der Waals surface area contributed by atoms with E-state index in [9.17, 15) is 0 Å². The molecular weight excluding hydrogens is 168 g/mol. The zero-order chi connectivity index (χ0) is 10.9. The molecule has 1 rings (SSSR count). The normalized spacial score (nSPS) is 30.9. The van der Waals surface area contributed by atoms with Crippen molar-refractivity contribution >= 4 is 0 Å². The van der Waals surface area contributed by atoms with Crippen molar-refractivity contribution in [3.63, 3.8) is 0 Å². The molecule has 0 nitrogen and oxygen atoms in total. The van der Waals surface area contributed by atoms with Crippen LogP contribution in [0.1, 0.15) is 54.4 Å². The molecular formula is C14H28. The Morgan fingerprint density at radius 2 is 1.50 bits per heavy atom. The first-order chi connectivity index (χ1) is 6.43. The standard InChI is InChI=1S/C14H28/c1-9(2)7-11(5)12(6)14-8-13(14)10(3)4/h9-14H,7-8H2,1-6H3. The summed E-state index contributed by atoms with van der Waals surface area (Å²) >= 11 is 0. The topological polar surface area (TPSA) is 0 Å². The van der Waals surface area contributed by atoms with E-state index in [4.69, 9.17) is 0 Å². The van der Waals surface area contributed by atoms with Crippen LogP contribution >= 0.6 is 0 Å². The van der Waals surface area contributed by atoms with E-state index in [1.54, 1.807) is 0 Å². The number of hydrogen-bond acceptors (Lipinski definition) is 0. The van der Waals surface area contributed by atoms with Crippen LogP contribution in [0.2, 0.25) is 0 Å². The largest absolute Gasteiger partial charge is 0.0628 e. The van der Waals surface area contributed by atoms with Crippen molar-refractivity contribution in [1.29, 1.82) is 0 Å². The smallest absolute Gasteiger partial charge is 0.0352 e. The second-order valence-electron chi connectivity index (χ2n) is 6.27. The molecule has 84 valence electrons. The summed E-state index contributed by atoms with van der Waals surface area (Å²) in [5.74, 6) is 5.73. The Morgan fingerprint density at radius 1 is 0.929 bits per heavy atom. The van der Waals surface area contributed by atoms with Crippen LogP contribution < -0.4 is 0 Å². The molecule has 0 aromatic carbocycles. The molecule has 0 heterocycles. The average molecular weight is 196 g/mol. The Kier molecular flexibility index (Phi) is 4.04. The molecule has 0 radical (unpaired) electrons. The van der Waals surface area contributed by atoms with Crippen LogP contribution in [0.15, 0.2) is 0 Å². The minimum absolute atomic E-state index is 0.865. The van der Waals surface area contributed by atoms with Gasteiger partial charge in [0.2, 0.25) is 0 Å². The van der Waals surface area contributed by atoms with Crippen molar-refractivity contribution < 1.29 is 0 Å². The fourth-order valence-electron chi connectivity index (χ4n) is 2.99. The van der Waals surface area contributed by atoms with Crippen LogP contribution in [0, 0.1) is 35.5 Å². The lowest BCUT2D eigenvalue weighted by atomic mass is 9.83. The molecule has 0 heteroatoms. The second kappa shape index (κ2) is 4.68. The average Bonchev–Trinajstić information content (AvgIpc) is 2.80. The van der Waals surface area contributed by atoms with Crippen molar-refractivity contribution in [3.05, 3.63) is 0 Å².